The van der Waals surface area contributed by atoms with E-state index in [0.717, 1.165) is 0 Å². The van der Waals surface area contributed by atoms with Crippen LogP contribution in [0.2, 0.25) is 5.04 Å². The van der Waals surface area contributed by atoms with E-state index in [1.165, 1.54) is 16.6 Å². The molecule has 2 aliphatic heterocycles. The lowest BCUT2D eigenvalue weighted by Crippen LogP contribution is -2.67. The predicted octanol–water partition coefficient (Wildman–Crippen LogP) is 4.27. The first kappa shape index (κ1) is 25.7. The second kappa shape index (κ2) is 9.42. The molecule has 2 aromatic carbocycles. The van der Waals surface area contributed by atoms with Gasteiger partial charge in [-0.3, -0.25) is 0 Å². The third kappa shape index (κ3) is 4.41. The molecule has 2 fully saturated rings. The van der Waals surface area contributed by atoms with Crippen LogP contribution in [0.5, 0.6) is 0 Å². The minimum Gasteiger partial charge on any atom is -0.451 e. The van der Waals surface area contributed by atoms with Crippen LogP contribution in [-0.2, 0) is 18.6 Å². The summed E-state index contributed by atoms with van der Waals surface area (Å²) in [5.74, 6) is -0.718. The van der Waals surface area contributed by atoms with E-state index in [1.807, 2.05) is 32.0 Å². The first-order chi connectivity index (χ1) is 17.6. The Morgan fingerprint density at radius 2 is 1.54 bits per heavy atom. The fourth-order valence-electron chi connectivity index (χ4n) is 5.72. The molecule has 3 heterocycles. The number of nitrogens with two attached hydrogens (primary N) is 1. The molecule has 4 atom stereocenters. The Hall–Kier alpha value is -2.93. The zero-order valence-electron chi connectivity index (χ0n) is 21.9. The molecule has 37 heavy (non-hydrogen) atoms. The molecule has 0 bridgehead atoms. The van der Waals surface area contributed by atoms with Gasteiger partial charge in [0, 0.05) is 5.56 Å². The minimum atomic E-state index is -2.77. The normalized spacial score (nSPS) is 25.1. The van der Waals surface area contributed by atoms with Crippen LogP contribution in [0.25, 0.3) is 0 Å². The Bertz CT molecular complexity index is 1240. The molecule has 8 heteroatoms. The summed E-state index contributed by atoms with van der Waals surface area (Å²) < 4.78 is 31.6. The molecule has 2 aliphatic rings. The number of rotatable bonds is 6. The van der Waals surface area contributed by atoms with Crippen molar-refractivity contribution in [3.8, 4) is 6.07 Å². The van der Waals surface area contributed by atoms with Gasteiger partial charge in [-0.15, -0.1) is 0 Å². The molecule has 194 valence electrons. The number of nitrogen functional groups attached to an aromatic ring is 1. The number of nitrogens with zero attached hydrogens (tertiary/aromatic N) is 1. The highest BCUT2D eigenvalue weighted by atomic mass is 28.4. The number of benzene rings is 2. The second-order valence-corrected chi connectivity index (χ2v) is 15.5. The number of furan rings is 1. The summed E-state index contributed by atoms with van der Waals surface area (Å²) in [4.78, 5) is 0. The fraction of sp³-hybridized carbons (Fsp3) is 0.414. The van der Waals surface area contributed by atoms with Gasteiger partial charge in [-0.1, -0.05) is 81.4 Å². The first-order valence-electron chi connectivity index (χ1n) is 12.6. The van der Waals surface area contributed by atoms with Gasteiger partial charge < -0.3 is 28.8 Å². The van der Waals surface area contributed by atoms with Gasteiger partial charge in [0.25, 0.3) is 8.32 Å². The van der Waals surface area contributed by atoms with Crippen LogP contribution < -0.4 is 16.1 Å². The first-order valence-corrected chi connectivity index (χ1v) is 14.5. The molecule has 2 N–H and O–H groups in total. The number of hydrogen-bond donors (Lipinski definition) is 1. The predicted molar refractivity (Wildman–Crippen MR) is 143 cm³/mol. The number of hydrogen-bond acceptors (Lipinski definition) is 7. The van der Waals surface area contributed by atoms with E-state index in [-0.39, 0.29) is 22.6 Å². The maximum Gasteiger partial charge on any atom is 0.261 e. The van der Waals surface area contributed by atoms with Crippen LogP contribution in [-0.4, -0.2) is 39.0 Å². The average Bonchev–Trinajstić information content (AvgIpc) is 3.50. The highest BCUT2D eigenvalue weighted by Crippen LogP contribution is 2.47. The molecule has 0 radical (unpaired) electrons. The quantitative estimate of drug-likeness (QED) is 0.487. The Labute approximate surface area is 219 Å². The van der Waals surface area contributed by atoms with E-state index in [1.54, 1.807) is 0 Å². The molecular weight excluding hydrogens is 484 g/mol. The molecule has 3 aromatic rings. The van der Waals surface area contributed by atoms with Gasteiger partial charge in [0.1, 0.15) is 36.7 Å². The summed E-state index contributed by atoms with van der Waals surface area (Å²) in [6.45, 7) is 10.8. The van der Waals surface area contributed by atoms with Crippen molar-refractivity contribution >= 4 is 24.4 Å². The topological polar surface area (TPSA) is 99.9 Å². The van der Waals surface area contributed by atoms with Crippen LogP contribution in [0.3, 0.4) is 0 Å². The lowest BCUT2D eigenvalue weighted by molar-refractivity contribution is -0.190. The zero-order chi connectivity index (χ0) is 26.4. The molecule has 0 aliphatic carbocycles. The van der Waals surface area contributed by atoms with Crippen LogP contribution in [0.1, 0.15) is 52.0 Å². The number of fused-ring (bicyclic) bond motifs is 1. The summed E-state index contributed by atoms with van der Waals surface area (Å²) in [7, 11) is -2.77. The van der Waals surface area contributed by atoms with Gasteiger partial charge in [0.05, 0.1) is 12.3 Å². The maximum atomic E-state index is 9.33. The molecule has 0 saturated carbocycles. The molecule has 0 amide bonds. The van der Waals surface area contributed by atoms with Crippen molar-refractivity contribution in [3.63, 3.8) is 0 Å². The van der Waals surface area contributed by atoms with E-state index >= 15 is 0 Å². The molecular formula is C29H34N2O5Si. The molecule has 0 unspecified atom stereocenters. The standard InChI is InChI=1S/C29H34N2O5Si/c1-28(2,3)37(19-12-8-6-9-13-19,20-14-10-7-11-15-20)33-18-23-26-27(36-29(4,5)35-26)25(34-23)21-17-32-22(16-30)24(21)31/h6-15,17,23,25-27H,18,31H2,1-5H3/t23-,25+,26-,27+/m1/s1. The van der Waals surface area contributed by atoms with Crippen molar-refractivity contribution in [1.82, 2.24) is 0 Å². The lowest BCUT2D eigenvalue weighted by Gasteiger charge is -2.43. The minimum absolute atomic E-state index is 0.0698. The summed E-state index contributed by atoms with van der Waals surface area (Å²) in [6.07, 6.45) is -0.230. The van der Waals surface area contributed by atoms with Gasteiger partial charge in [-0.05, 0) is 29.3 Å². The lowest BCUT2D eigenvalue weighted by atomic mass is 10.0. The highest BCUT2D eigenvalue weighted by Gasteiger charge is 2.58. The van der Waals surface area contributed by atoms with Gasteiger partial charge in [0.2, 0.25) is 5.76 Å². The van der Waals surface area contributed by atoms with Crippen molar-refractivity contribution in [1.29, 1.82) is 5.26 Å². The van der Waals surface area contributed by atoms with Gasteiger partial charge >= 0.3 is 0 Å². The smallest absolute Gasteiger partial charge is 0.261 e. The van der Waals surface area contributed by atoms with Gasteiger partial charge in [-0.25, -0.2) is 0 Å². The van der Waals surface area contributed by atoms with Crippen LogP contribution in [0.4, 0.5) is 5.69 Å². The second-order valence-electron chi connectivity index (χ2n) is 11.2. The van der Waals surface area contributed by atoms with Gasteiger partial charge in [0.15, 0.2) is 5.79 Å². The third-order valence-corrected chi connectivity index (χ3v) is 12.3. The van der Waals surface area contributed by atoms with E-state index < -0.39 is 32.4 Å². The number of ether oxygens (including phenoxy) is 3. The summed E-state index contributed by atoms with van der Waals surface area (Å²) in [5, 5.41) is 11.5. The van der Waals surface area contributed by atoms with Gasteiger partial charge in [-0.2, -0.15) is 5.26 Å². The Kier molecular flexibility index (Phi) is 6.55. The highest BCUT2D eigenvalue weighted by molar-refractivity contribution is 6.99. The molecule has 1 aromatic heterocycles. The average molecular weight is 519 g/mol. The van der Waals surface area contributed by atoms with E-state index in [4.69, 9.17) is 28.8 Å². The van der Waals surface area contributed by atoms with Crippen LogP contribution in [0.15, 0.2) is 71.3 Å². The Morgan fingerprint density at radius 1 is 0.973 bits per heavy atom. The van der Waals surface area contributed by atoms with Crippen LogP contribution in [0, 0.1) is 11.3 Å². The molecule has 7 nitrogen and oxygen atoms in total. The van der Waals surface area contributed by atoms with E-state index in [0.29, 0.717) is 12.2 Å². The molecule has 5 rings (SSSR count). The van der Waals surface area contributed by atoms with E-state index in [2.05, 4.69) is 69.3 Å². The number of nitriles is 1. The third-order valence-electron chi connectivity index (χ3n) is 7.30. The largest absolute Gasteiger partial charge is 0.451 e. The Balaban J connectivity index is 1.51. The summed E-state index contributed by atoms with van der Waals surface area (Å²) in [5.41, 5.74) is 7.09. The van der Waals surface area contributed by atoms with Crippen molar-refractivity contribution < 1.29 is 23.1 Å². The fourth-order valence-corrected chi connectivity index (χ4v) is 10.3. The van der Waals surface area contributed by atoms with Crippen molar-refractivity contribution in [2.75, 3.05) is 12.3 Å². The van der Waals surface area contributed by atoms with Crippen molar-refractivity contribution in [2.24, 2.45) is 0 Å². The van der Waals surface area contributed by atoms with E-state index in [9.17, 15) is 5.26 Å². The summed E-state index contributed by atoms with van der Waals surface area (Å²) >= 11 is 0. The molecule has 2 saturated heterocycles. The Morgan fingerprint density at radius 3 is 2.05 bits per heavy atom. The van der Waals surface area contributed by atoms with Crippen molar-refractivity contribution in [3.05, 3.63) is 78.3 Å². The molecule has 0 spiro atoms. The van der Waals surface area contributed by atoms with Crippen LogP contribution >= 0.6 is 0 Å². The number of anilines is 1. The SMILES string of the molecule is CC1(C)O[C@@H]2[C@H](O1)[C@@H](CO[Si](c1ccccc1)(c1ccccc1)C(C)(C)C)O[C@H]2c1coc(C#N)c1N. The van der Waals surface area contributed by atoms with Crippen molar-refractivity contribution in [2.45, 2.75) is 69.9 Å². The summed E-state index contributed by atoms with van der Waals surface area (Å²) in [6, 6.07) is 23.0. The zero-order valence-corrected chi connectivity index (χ0v) is 22.9. The monoisotopic (exact) mass is 518 g/mol. The maximum absolute atomic E-state index is 9.33.